The SMILES string of the molecule is Cc1cc(Oc2c(C)cccc2C#N)c(F)cc1N. The van der Waals surface area contributed by atoms with E-state index in [0.29, 0.717) is 17.0 Å². The number of anilines is 1. The maximum atomic E-state index is 13.8. The molecule has 0 heterocycles. The third-order valence-electron chi connectivity index (χ3n) is 2.86. The number of aryl methyl sites for hydroxylation is 2. The number of nitriles is 1. The van der Waals surface area contributed by atoms with E-state index in [2.05, 4.69) is 0 Å². The van der Waals surface area contributed by atoms with Crippen molar-refractivity contribution >= 4 is 5.69 Å². The highest BCUT2D eigenvalue weighted by Crippen LogP contribution is 2.32. The first-order valence-electron chi connectivity index (χ1n) is 5.76. The topological polar surface area (TPSA) is 59.0 Å². The maximum Gasteiger partial charge on any atom is 0.167 e. The first kappa shape index (κ1) is 12.9. The Bertz CT molecular complexity index is 675. The molecular weight excluding hydrogens is 243 g/mol. The number of para-hydroxylation sites is 1. The molecule has 2 aromatic rings. The number of hydrogen-bond acceptors (Lipinski definition) is 3. The summed E-state index contributed by atoms with van der Waals surface area (Å²) in [5, 5.41) is 9.05. The summed E-state index contributed by atoms with van der Waals surface area (Å²) in [5.41, 5.74) is 7.86. The summed E-state index contributed by atoms with van der Waals surface area (Å²) in [6.45, 7) is 3.57. The van der Waals surface area contributed by atoms with Crippen LogP contribution in [0.15, 0.2) is 30.3 Å². The number of ether oxygens (including phenoxy) is 1. The minimum absolute atomic E-state index is 0.0671. The molecule has 4 heteroatoms. The van der Waals surface area contributed by atoms with Gasteiger partial charge in [0, 0.05) is 11.8 Å². The van der Waals surface area contributed by atoms with Gasteiger partial charge in [0.15, 0.2) is 11.6 Å². The van der Waals surface area contributed by atoms with Crippen molar-refractivity contribution in [1.82, 2.24) is 0 Å². The van der Waals surface area contributed by atoms with E-state index in [4.69, 9.17) is 15.7 Å². The van der Waals surface area contributed by atoms with Gasteiger partial charge in [0.1, 0.15) is 11.8 Å². The molecular formula is C15H13FN2O. The fourth-order valence-corrected chi connectivity index (χ4v) is 1.73. The fourth-order valence-electron chi connectivity index (χ4n) is 1.73. The van der Waals surface area contributed by atoms with E-state index in [-0.39, 0.29) is 5.75 Å². The Morgan fingerprint density at radius 2 is 1.95 bits per heavy atom. The highest BCUT2D eigenvalue weighted by atomic mass is 19.1. The number of rotatable bonds is 2. The van der Waals surface area contributed by atoms with Gasteiger partial charge in [0.05, 0.1) is 5.56 Å². The summed E-state index contributed by atoms with van der Waals surface area (Å²) in [6.07, 6.45) is 0. The highest BCUT2D eigenvalue weighted by molar-refractivity contribution is 5.54. The Morgan fingerprint density at radius 1 is 1.21 bits per heavy atom. The van der Waals surface area contributed by atoms with Gasteiger partial charge in [-0.3, -0.25) is 0 Å². The van der Waals surface area contributed by atoms with Crippen molar-refractivity contribution in [3.05, 3.63) is 52.8 Å². The van der Waals surface area contributed by atoms with Crippen LogP contribution in [0.1, 0.15) is 16.7 Å². The summed E-state index contributed by atoms with van der Waals surface area (Å²) >= 11 is 0. The average molecular weight is 256 g/mol. The lowest BCUT2D eigenvalue weighted by atomic mass is 10.1. The molecule has 0 amide bonds. The second-order valence-electron chi connectivity index (χ2n) is 4.30. The highest BCUT2D eigenvalue weighted by Gasteiger charge is 2.12. The molecule has 0 fully saturated rings. The van der Waals surface area contributed by atoms with Crippen LogP contribution in [0.2, 0.25) is 0 Å². The number of halogens is 1. The number of nitrogens with two attached hydrogens (primary N) is 1. The molecule has 0 spiro atoms. The Labute approximate surface area is 111 Å². The number of benzene rings is 2. The van der Waals surface area contributed by atoms with Gasteiger partial charge in [-0.25, -0.2) is 4.39 Å². The van der Waals surface area contributed by atoms with E-state index in [1.165, 1.54) is 12.1 Å². The summed E-state index contributed by atoms with van der Waals surface area (Å²) < 4.78 is 19.3. The molecule has 0 aliphatic heterocycles. The smallest absolute Gasteiger partial charge is 0.167 e. The zero-order valence-corrected chi connectivity index (χ0v) is 10.7. The molecule has 0 unspecified atom stereocenters. The Kier molecular flexibility index (Phi) is 3.39. The fraction of sp³-hybridized carbons (Fsp3) is 0.133. The lowest BCUT2D eigenvalue weighted by Gasteiger charge is -2.12. The van der Waals surface area contributed by atoms with Gasteiger partial charge < -0.3 is 10.5 Å². The van der Waals surface area contributed by atoms with E-state index >= 15 is 0 Å². The van der Waals surface area contributed by atoms with Crippen molar-refractivity contribution in [2.45, 2.75) is 13.8 Å². The standard InChI is InChI=1S/C15H13FN2O/c1-9-4-3-5-11(8-17)15(9)19-14-6-10(2)13(18)7-12(14)16/h3-7H,18H2,1-2H3. The summed E-state index contributed by atoms with van der Waals surface area (Å²) in [5.74, 6) is -0.110. The van der Waals surface area contributed by atoms with Crippen molar-refractivity contribution in [2.75, 3.05) is 5.73 Å². The van der Waals surface area contributed by atoms with Gasteiger partial charge in [-0.1, -0.05) is 12.1 Å². The van der Waals surface area contributed by atoms with Crippen LogP contribution < -0.4 is 10.5 Å². The van der Waals surface area contributed by atoms with Crippen LogP contribution >= 0.6 is 0 Å². The second-order valence-corrected chi connectivity index (χ2v) is 4.30. The van der Waals surface area contributed by atoms with Crippen LogP contribution in [0.5, 0.6) is 11.5 Å². The third kappa shape index (κ3) is 2.50. The van der Waals surface area contributed by atoms with E-state index in [0.717, 1.165) is 11.1 Å². The van der Waals surface area contributed by atoms with Crippen molar-refractivity contribution < 1.29 is 9.13 Å². The first-order chi connectivity index (χ1) is 9.02. The number of nitrogen functional groups attached to an aromatic ring is 1. The van der Waals surface area contributed by atoms with Gasteiger partial charge in [-0.2, -0.15) is 5.26 Å². The molecule has 19 heavy (non-hydrogen) atoms. The normalized spacial score (nSPS) is 10.0. The maximum absolute atomic E-state index is 13.8. The van der Waals surface area contributed by atoms with Gasteiger partial charge in [0.2, 0.25) is 0 Å². The molecule has 0 aliphatic rings. The van der Waals surface area contributed by atoms with Crippen LogP contribution in [0, 0.1) is 31.0 Å². The number of hydrogen-bond donors (Lipinski definition) is 1. The molecule has 0 atom stereocenters. The average Bonchev–Trinajstić information content (AvgIpc) is 2.38. The zero-order valence-electron chi connectivity index (χ0n) is 10.7. The Morgan fingerprint density at radius 3 is 2.63 bits per heavy atom. The molecule has 0 aromatic heterocycles. The van der Waals surface area contributed by atoms with Crippen molar-refractivity contribution in [3.8, 4) is 17.6 Å². The summed E-state index contributed by atoms with van der Waals surface area (Å²) in [4.78, 5) is 0. The molecule has 96 valence electrons. The molecule has 0 radical (unpaired) electrons. The number of nitrogens with zero attached hydrogens (tertiary/aromatic N) is 1. The lowest BCUT2D eigenvalue weighted by molar-refractivity contribution is 0.438. The molecule has 2 aromatic carbocycles. The zero-order chi connectivity index (χ0) is 14.0. The van der Waals surface area contributed by atoms with E-state index in [1.807, 2.05) is 6.07 Å². The predicted octanol–water partition coefficient (Wildman–Crippen LogP) is 3.69. The van der Waals surface area contributed by atoms with Gasteiger partial charge >= 0.3 is 0 Å². The molecule has 0 bridgehead atoms. The molecule has 0 saturated heterocycles. The van der Waals surface area contributed by atoms with Crippen molar-refractivity contribution in [3.63, 3.8) is 0 Å². The van der Waals surface area contributed by atoms with Gasteiger partial charge in [0.25, 0.3) is 0 Å². The molecule has 0 aliphatic carbocycles. The summed E-state index contributed by atoms with van der Waals surface area (Å²) in [6, 6.07) is 9.96. The minimum atomic E-state index is -0.546. The Hall–Kier alpha value is -2.54. The van der Waals surface area contributed by atoms with Crippen LogP contribution in [0.25, 0.3) is 0 Å². The van der Waals surface area contributed by atoms with E-state index in [9.17, 15) is 4.39 Å². The predicted molar refractivity (Wildman–Crippen MR) is 71.5 cm³/mol. The van der Waals surface area contributed by atoms with Gasteiger partial charge in [-0.15, -0.1) is 0 Å². The van der Waals surface area contributed by atoms with Crippen LogP contribution in [0.4, 0.5) is 10.1 Å². The van der Waals surface area contributed by atoms with E-state index < -0.39 is 5.82 Å². The quantitative estimate of drug-likeness (QED) is 0.833. The van der Waals surface area contributed by atoms with Crippen LogP contribution in [-0.2, 0) is 0 Å². The largest absolute Gasteiger partial charge is 0.453 e. The van der Waals surface area contributed by atoms with Crippen molar-refractivity contribution in [1.29, 1.82) is 5.26 Å². The molecule has 2 rings (SSSR count). The molecule has 2 N–H and O–H groups in total. The van der Waals surface area contributed by atoms with E-state index in [1.54, 1.807) is 32.0 Å². The molecule has 0 saturated carbocycles. The van der Waals surface area contributed by atoms with Gasteiger partial charge in [-0.05, 0) is 37.1 Å². The molecule has 3 nitrogen and oxygen atoms in total. The van der Waals surface area contributed by atoms with Crippen molar-refractivity contribution in [2.24, 2.45) is 0 Å². The first-order valence-corrected chi connectivity index (χ1v) is 5.76. The monoisotopic (exact) mass is 256 g/mol. The minimum Gasteiger partial charge on any atom is -0.453 e. The lowest BCUT2D eigenvalue weighted by Crippen LogP contribution is -1.97. The second kappa shape index (κ2) is 4.99. The third-order valence-corrected chi connectivity index (χ3v) is 2.86. The van der Waals surface area contributed by atoms with Crippen LogP contribution in [0.3, 0.4) is 0 Å². The van der Waals surface area contributed by atoms with Crippen LogP contribution in [-0.4, -0.2) is 0 Å². The summed E-state index contributed by atoms with van der Waals surface area (Å²) in [7, 11) is 0. The Balaban J connectivity index is 2.48.